The Hall–Kier alpha value is -4.19. The number of nitrogens with zero attached hydrogens (tertiary/aromatic N) is 6. The molecule has 190 valence electrons. The second kappa shape index (κ2) is 10.1. The molecule has 1 fully saturated rings. The van der Waals surface area contributed by atoms with Crippen LogP contribution in [-0.4, -0.2) is 67.7 Å². The fraction of sp³-hybridized carbons (Fsp3) is 0.320. The molecule has 0 atom stereocenters. The lowest BCUT2D eigenvalue weighted by atomic mass is 9.97. The monoisotopic (exact) mass is 519 g/mol. The van der Waals surface area contributed by atoms with Gasteiger partial charge in [0.2, 0.25) is 0 Å². The maximum Gasteiger partial charge on any atom is 0.337 e. The molecule has 4 aromatic rings. The first-order valence-electron chi connectivity index (χ1n) is 11.8. The summed E-state index contributed by atoms with van der Waals surface area (Å²) in [6, 6.07) is 8.36. The van der Waals surface area contributed by atoms with E-state index in [9.17, 15) is 14.4 Å². The number of methoxy groups -OCH3 is 1. The van der Waals surface area contributed by atoms with Crippen LogP contribution in [0.3, 0.4) is 0 Å². The standard InChI is InChI=1S/C25H25N7O4S/c1-14-11-20-28-29-21(15(2)32(20)30-14)24(34)31-9-7-16(8-10-31)23-27-19(13-37-23)22(33)26-18-6-4-5-17(12-18)25(35)36-3/h4-6,11-13,16H,7-10H2,1-3H3,(H,26,33). The maximum absolute atomic E-state index is 13.2. The maximum atomic E-state index is 13.2. The van der Waals surface area contributed by atoms with E-state index in [0.717, 1.165) is 23.5 Å². The van der Waals surface area contributed by atoms with Gasteiger partial charge in [-0.25, -0.2) is 14.3 Å². The van der Waals surface area contributed by atoms with Crippen LogP contribution in [0.15, 0.2) is 35.7 Å². The molecule has 5 rings (SSSR count). The van der Waals surface area contributed by atoms with Gasteiger partial charge in [0.05, 0.1) is 29.1 Å². The third-order valence-electron chi connectivity index (χ3n) is 6.36. The van der Waals surface area contributed by atoms with E-state index in [1.54, 1.807) is 39.1 Å². The van der Waals surface area contributed by atoms with Crippen molar-refractivity contribution in [2.24, 2.45) is 0 Å². The van der Waals surface area contributed by atoms with Crippen molar-refractivity contribution in [1.82, 2.24) is 29.7 Å². The third kappa shape index (κ3) is 4.92. The summed E-state index contributed by atoms with van der Waals surface area (Å²) >= 11 is 1.44. The molecular weight excluding hydrogens is 494 g/mol. The van der Waals surface area contributed by atoms with Crippen LogP contribution in [0, 0.1) is 13.8 Å². The van der Waals surface area contributed by atoms with Gasteiger partial charge in [-0.1, -0.05) is 6.07 Å². The molecule has 11 nitrogen and oxygen atoms in total. The first-order valence-corrected chi connectivity index (χ1v) is 12.7. The van der Waals surface area contributed by atoms with Crippen LogP contribution in [0.2, 0.25) is 0 Å². The molecular formula is C25H25N7O4S. The lowest BCUT2D eigenvalue weighted by molar-refractivity contribution is 0.0600. The lowest BCUT2D eigenvalue weighted by Crippen LogP contribution is -2.39. The van der Waals surface area contributed by atoms with Gasteiger partial charge in [-0.2, -0.15) is 5.10 Å². The SMILES string of the molecule is COC(=O)c1cccc(NC(=O)c2csc(C3CCN(C(=O)c4nnc5cc(C)nn5c4C)CC3)n2)c1. The van der Waals surface area contributed by atoms with Crippen molar-refractivity contribution in [3.05, 3.63) is 69.1 Å². The van der Waals surface area contributed by atoms with Crippen molar-refractivity contribution >= 4 is 40.5 Å². The number of fused-ring (bicyclic) bond motifs is 1. The predicted molar refractivity (Wildman–Crippen MR) is 136 cm³/mol. The van der Waals surface area contributed by atoms with Crippen LogP contribution in [0.25, 0.3) is 5.65 Å². The molecule has 0 spiro atoms. The van der Waals surface area contributed by atoms with Crippen LogP contribution in [0.4, 0.5) is 5.69 Å². The second-order valence-corrected chi connectivity index (χ2v) is 9.74. The van der Waals surface area contributed by atoms with E-state index in [1.165, 1.54) is 18.4 Å². The van der Waals surface area contributed by atoms with Crippen LogP contribution in [0.1, 0.15) is 66.5 Å². The number of anilines is 1. The average Bonchev–Trinajstić information content (AvgIpc) is 3.55. The summed E-state index contributed by atoms with van der Waals surface area (Å²) in [5.41, 5.74) is 3.55. The lowest BCUT2D eigenvalue weighted by Gasteiger charge is -2.31. The minimum Gasteiger partial charge on any atom is -0.465 e. The number of likely N-dealkylation sites (tertiary alicyclic amines) is 1. The molecule has 0 radical (unpaired) electrons. The van der Waals surface area contributed by atoms with Crippen LogP contribution in [-0.2, 0) is 4.74 Å². The second-order valence-electron chi connectivity index (χ2n) is 8.85. The largest absolute Gasteiger partial charge is 0.465 e. The molecule has 1 aliphatic rings. The number of benzene rings is 1. The van der Waals surface area contributed by atoms with Gasteiger partial charge in [0.15, 0.2) is 11.3 Å². The minimum absolute atomic E-state index is 0.154. The number of hydrogen-bond donors (Lipinski definition) is 1. The highest BCUT2D eigenvalue weighted by atomic mass is 32.1. The number of carbonyl (C=O) groups excluding carboxylic acids is 3. The Balaban J connectivity index is 1.21. The number of ether oxygens (including phenoxy) is 1. The van der Waals surface area contributed by atoms with Crippen molar-refractivity contribution in [2.75, 3.05) is 25.5 Å². The fourth-order valence-electron chi connectivity index (χ4n) is 4.37. The summed E-state index contributed by atoms with van der Waals surface area (Å²) in [6.07, 6.45) is 1.47. The molecule has 12 heteroatoms. The quantitative estimate of drug-likeness (QED) is 0.398. The van der Waals surface area contributed by atoms with Gasteiger partial charge in [-0.15, -0.1) is 21.5 Å². The molecule has 0 aliphatic carbocycles. The molecule has 0 unspecified atom stereocenters. The van der Waals surface area contributed by atoms with Crippen molar-refractivity contribution in [2.45, 2.75) is 32.6 Å². The van der Waals surface area contributed by atoms with Gasteiger partial charge in [0.1, 0.15) is 5.69 Å². The van der Waals surface area contributed by atoms with Crippen molar-refractivity contribution < 1.29 is 19.1 Å². The summed E-state index contributed by atoms with van der Waals surface area (Å²) in [5, 5.41) is 18.1. The number of carbonyl (C=O) groups is 3. The molecule has 4 heterocycles. The van der Waals surface area contributed by atoms with E-state index < -0.39 is 5.97 Å². The van der Waals surface area contributed by atoms with E-state index in [2.05, 4.69) is 25.6 Å². The Morgan fingerprint density at radius 2 is 1.89 bits per heavy atom. The number of aromatic nitrogens is 5. The van der Waals surface area contributed by atoms with Crippen LogP contribution >= 0.6 is 11.3 Å². The molecule has 37 heavy (non-hydrogen) atoms. The van der Waals surface area contributed by atoms with Gasteiger partial charge in [-0.05, 0) is 44.9 Å². The third-order valence-corrected chi connectivity index (χ3v) is 7.36. The normalized spacial score (nSPS) is 14.1. The van der Waals surface area contributed by atoms with Gasteiger partial charge >= 0.3 is 5.97 Å². The Kier molecular flexibility index (Phi) is 6.66. The molecule has 3 aromatic heterocycles. The number of piperidine rings is 1. The molecule has 0 bridgehead atoms. The highest BCUT2D eigenvalue weighted by molar-refractivity contribution is 7.10. The minimum atomic E-state index is -0.476. The topological polar surface area (TPSA) is 132 Å². The van der Waals surface area contributed by atoms with Crippen LogP contribution in [0.5, 0.6) is 0 Å². The van der Waals surface area contributed by atoms with E-state index in [-0.39, 0.29) is 17.7 Å². The molecule has 0 saturated carbocycles. The van der Waals surface area contributed by atoms with Crippen molar-refractivity contribution in [3.63, 3.8) is 0 Å². The number of esters is 1. The Morgan fingerprint density at radius 1 is 1.11 bits per heavy atom. The molecule has 1 N–H and O–H groups in total. The zero-order valence-electron chi connectivity index (χ0n) is 20.6. The van der Waals surface area contributed by atoms with E-state index in [1.807, 2.05) is 19.9 Å². The van der Waals surface area contributed by atoms with E-state index in [4.69, 9.17) is 4.74 Å². The molecule has 2 amide bonds. The predicted octanol–water partition coefficient (Wildman–Crippen LogP) is 3.26. The number of aryl methyl sites for hydroxylation is 2. The zero-order chi connectivity index (χ0) is 26.1. The van der Waals surface area contributed by atoms with Gasteiger partial charge in [0.25, 0.3) is 11.8 Å². The van der Waals surface area contributed by atoms with Crippen molar-refractivity contribution in [1.29, 1.82) is 0 Å². The zero-order valence-corrected chi connectivity index (χ0v) is 21.4. The molecule has 1 aliphatic heterocycles. The highest BCUT2D eigenvalue weighted by Gasteiger charge is 2.29. The summed E-state index contributed by atoms with van der Waals surface area (Å²) in [6.45, 7) is 4.81. The Labute approximate surface area is 216 Å². The first-order chi connectivity index (χ1) is 17.8. The first kappa shape index (κ1) is 24.5. The van der Waals surface area contributed by atoms with E-state index >= 15 is 0 Å². The molecule has 1 aromatic carbocycles. The van der Waals surface area contributed by atoms with Gasteiger partial charge < -0.3 is 15.0 Å². The number of rotatable bonds is 5. The smallest absolute Gasteiger partial charge is 0.337 e. The Morgan fingerprint density at radius 3 is 2.65 bits per heavy atom. The average molecular weight is 520 g/mol. The summed E-state index contributed by atoms with van der Waals surface area (Å²) in [7, 11) is 1.31. The van der Waals surface area contributed by atoms with Crippen molar-refractivity contribution in [3.8, 4) is 0 Å². The molecule has 1 saturated heterocycles. The summed E-state index contributed by atoms with van der Waals surface area (Å²) < 4.78 is 6.37. The summed E-state index contributed by atoms with van der Waals surface area (Å²) in [5.74, 6) is -0.833. The van der Waals surface area contributed by atoms with E-state index in [0.29, 0.717) is 47.1 Å². The number of nitrogens with one attached hydrogen (secondary N) is 1. The van der Waals surface area contributed by atoms with Gasteiger partial charge in [-0.3, -0.25) is 9.59 Å². The van der Waals surface area contributed by atoms with Gasteiger partial charge in [0, 0.05) is 36.1 Å². The Bertz CT molecular complexity index is 1500. The summed E-state index contributed by atoms with van der Waals surface area (Å²) in [4.78, 5) is 44.0. The highest BCUT2D eigenvalue weighted by Crippen LogP contribution is 2.31. The fourth-order valence-corrected chi connectivity index (χ4v) is 5.34. The number of hydrogen-bond acceptors (Lipinski definition) is 9. The number of thiazole rings is 1. The van der Waals surface area contributed by atoms with Crippen LogP contribution < -0.4 is 5.32 Å². The number of amides is 2.